The molecule has 0 spiro atoms. The Balaban J connectivity index is 1.81. The fourth-order valence-corrected chi connectivity index (χ4v) is 4.92. The maximum atomic E-state index is 13.4. The van der Waals surface area contributed by atoms with Gasteiger partial charge in [0.1, 0.15) is 11.6 Å². The predicted octanol–water partition coefficient (Wildman–Crippen LogP) is 5.41. The number of hydrogen-bond donors (Lipinski definition) is 2. The Kier molecular flexibility index (Phi) is 6.79. The molecular formula is C20H15Br2FN2O4S. The summed E-state index contributed by atoms with van der Waals surface area (Å²) in [4.78, 5) is 12.7. The summed E-state index contributed by atoms with van der Waals surface area (Å²) in [5.74, 6) is -0.430. The molecule has 30 heavy (non-hydrogen) atoms. The molecule has 0 unspecified atom stereocenters. The average Bonchev–Trinajstić information content (AvgIpc) is 2.70. The van der Waals surface area contributed by atoms with Gasteiger partial charge in [0.05, 0.1) is 17.7 Å². The summed E-state index contributed by atoms with van der Waals surface area (Å²) >= 11 is 6.41. The first-order valence-corrected chi connectivity index (χ1v) is 11.5. The van der Waals surface area contributed by atoms with Crippen molar-refractivity contribution in [3.63, 3.8) is 0 Å². The van der Waals surface area contributed by atoms with Crippen molar-refractivity contribution in [1.82, 2.24) is 0 Å². The van der Waals surface area contributed by atoms with Crippen LogP contribution in [0.3, 0.4) is 0 Å². The number of amides is 1. The standard InChI is InChI=1S/C20H15Br2FN2O4S/c1-29-15-5-7-16(8-6-15)30(27,28)25-14-4-2-3-12(9-14)20(26)24-19-17(21)10-13(23)11-18(19)22/h2-11,25H,1H3,(H,24,26). The number of anilines is 2. The Morgan fingerprint density at radius 1 is 1.00 bits per heavy atom. The van der Waals surface area contributed by atoms with E-state index < -0.39 is 21.7 Å². The minimum absolute atomic E-state index is 0.0531. The van der Waals surface area contributed by atoms with Gasteiger partial charge in [-0.15, -0.1) is 0 Å². The second kappa shape index (κ2) is 9.15. The van der Waals surface area contributed by atoms with Crippen molar-refractivity contribution < 1.29 is 22.3 Å². The summed E-state index contributed by atoms with van der Waals surface area (Å²) in [6.45, 7) is 0. The maximum Gasteiger partial charge on any atom is 0.261 e. The summed E-state index contributed by atoms with van der Waals surface area (Å²) in [6.07, 6.45) is 0. The molecular weight excluding hydrogens is 543 g/mol. The van der Waals surface area contributed by atoms with Crippen molar-refractivity contribution in [2.45, 2.75) is 4.90 Å². The molecule has 0 saturated heterocycles. The lowest BCUT2D eigenvalue weighted by molar-refractivity contribution is 0.102. The molecule has 156 valence electrons. The maximum absolute atomic E-state index is 13.4. The van der Waals surface area contributed by atoms with Gasteiger partial charge in [0.2, 0.25) is 0 Å². The smallest absolute Gasteiger partial charge is 0.261 e. The van der Waals surface area contributed by atoms with Gasteiger partial charge in [-0.1, -0.05) is 6.07 Å². The van der Waals surface area contributed by atoms with E-state index in [0.717, 1.165) is 0 Å². The highest BCUT2D eigenvalue weighted by atomic mass is 79.9. The van der Waals surface area contributed by atoms with Gasteiger partial charge < -0.3 is 10.1 Å². The summed E-state index contributed by atoms with van der Waals surface area (Å²) in [5.41, 5.74) is 0.786. The van der Waals surface area contributed by atoms with Gasteiger partial charge in [0, 0.05) is 20.2 Å². The van der Waals surface area contributed by atoms with Crippen molar-refractivity contribution in [3.05, 3.63) is 81.0 Å². The molecule has 0 aromatic heterocycles. The van der Waals surface area contributed by atoms with E-state index in [9.17, 15) is 17.6 Å². The molecule has 0 aliphatic heterocycles. The Labute approximate surface area is 189 Å². The molecule has 0 fully saturated rings. The van der Waals surface area contributed by atoms with Crippen molar-refractivity contribution >= 4 is 59.2 Å². The summed E-state index contributed by atoms with van der Waals surface area (Å²) in [6, 6.07) is 14.4. The summed E-state index contributed by atoms with van der Waals surface area (Å²) < 4.78 is 46.8. The van der Waals surface area contributed by atoms with E-state index in [0.29, 0.717) is 20.4 Å². The number of carbonyl (C=O) groups excluding carboxylic acids is 1. The fourth-order valence-electron chi connectivity index (χ4n) is 2.54. The molecule has 3 aromatic carbocycles. The molecule has 3 aromatic rings. The minimum atomic E-state index is -3.85. The van der Waals surface area contributed by atoms with Crippen molar-refractivity contribution in [2.24, 2.45) is 0 Å². The van der Waals surface area contributed by atoms with Crippen LogP contribution >= 0.6 is 31.9 Å². The Bertz CT molecular complexity index is 1180. The van der Waals surface area contributed by atoms with E-state index in [2.05, 4.69) is 41.9 Å². The SMILES string of the molecule is COc1ccc(S(=O)(=O)Nc2cccc(C(=O)Nc3c(Br)cc(F)cc3Br)c2)cc1. The van der Waals surface area contributed by atoms with E-state index in [1.165, 1.54) is 61.7 Å². The molecule has 0 aliphatic rings. The van der Waals surface area contributed by atoms with Crippen LogP contribution in [-0.2, 0) is 10.0 Å². The van der Waals surface area contributed by atoms with E-state index in [1.807, 2.05) is 0 Å². The van der Waals surface area contributed by atoms with Gasteiger partial charge in [-0.25, -0.2) is 12.8 Å². The zero-order chi connectivity index (χ0) is 21.9. The van der Waals surface area contributed by atoms with Crippen molar-refractivity contribution in [1.29, 1.82) is 0 Å². The molecule has 0 radical (unpaired) electrons. The lowest BCUT2D eigenvalue weighted by Crippen LogP contribution is -2.15. The summed E-state index contributed by atoms with van der Waals surface area (Å²) in [5, 5.41) is 2.67. The first-order valence-electron chi connectivity index (χ1n) is 8.42. The Morgan fingerprint density at radius 3 is 2.23 bits per heavy atom. The molecule has 0 heterocycles. The number of ether oxygens (including phenoxy) is 1. The second-order valence-corrected chi connectivity index (χ2v) is 9.45. The predicted molar refractivity (Wildman–Crippen MR) is 120 cm³/mol. The van der Waals surface area contributed by atoms with Gasteiger partial charge in [-0.3, -0.25) is 9.52 Å². The molecule has 0 atom stereocenters. The van der Waals surface area contributed by atoms with E-state index in [1.54, 1.807) is 6.07 Å². The van der Waals surface area contributed by atoms with Crippen LogP contribution in [-0.4, -0.2) is 21.4 Å². The number of halogens is 3. The highest BCUT2D eigenvalue weighted by Crippen LogP contribution is 2.32. The molecule has 0 bridgehead atoms. The van der Waals surface area contributed by atoms with Gasteiger partial charge in [0.15, 0.2) is 0 Å². The Hall–Kier alpha value is -2.43. The van der Waals surface area contributed by atoms with Gasteiger partial charge in [-0.2, -0.15) is 0 Å². The van der Waals surface area contributed by atoms with Crippen molar-refractivity contribution in [3.8, 4) is 5.75 Å². The third-order valence-electron chi connectivity index (χ3n) is 3.99. The fraction of sp³-hybridized carbons (Fsp3) is 0.0500. The van der Waals surface area contributed by atoms with Gasteiger partial charge in [0.25, 0.3) is 15.9 Å². The number of carbonyl (C=O) groups is 1. The molecule has 6 nitrogen and oxygen atoms in total. The number of benzene rings is 3. The molecule has 0 aliphatic carbocycles. The summed E-state index contributed by atoms with van der Waals surface area (Å²) in [7, 11) is -2.36. The molecule has 0 saturated carbocycles. The zero-order valence-corrected chi connectivity index (χ0v) is 19.4. The second-order valence-electron chi connectivity index (χ2n) is 6.06. The number of rotatable bonds is 6. The third kappa shape index (κ3) is 5.18. The zero-order valence-electron chi connectivity index (χ0n) is 15.4. The normalized spacial score (nSPS) is 11.1. The van der Waals surface area contributed by atoms with E-state index >= 15 is 0 Å². The largest absolute Gasteiger partial charge is 0.497 e. The molecule has 3 rings (SSSR count). The topological polar surface area (TPSA) is 84.5 Å². The highest BCUT2D eigenvalue weighted by Gasteiger charge is 2.17. The number of sulfonamides is 1. The number of hydrogen-bond acceptors (Lipinski definition) is 4. The molecule has 1 amide bonds. The van der Waals surface area contributed by atoms with Crippen LogP contribution in [0.4, 0.5) is 15.8 Å². The van der Waals surface area contributed by atoms with Crippen LogP contribution in [0.1, 0.15) is 10.4 Å². The van der Waals surface area contributed by atoms with E-state index in [4.69, 9.17) is 4.74 Å². The number of nitrogens with one attached hydrogen (secondary N) is 2. The van der Waals surface area contributed by atoms with Crippen LogP contribution in [0.5, 0.6) is 5.75 Å². The lowest BCUT2D eigenvalue weighted by atomic mass is 10.2. The van der Waals surface area contributed by atoms with Crippen LogP contribution in [0.25, 0.3) is 0 Å². The Morgan fingerprint density at radius 2 is 1.63 bits per heavy atom. The number of methoxy groups -OCH3 is 1. The van der Waals surface area contributed by atoms with E-state index in [-0.39, 0.29) is 16.1 Å². The third-order valence-corrected chi connectivity index (χ3v) is 6.64. The first-order chi connectivity index (χ1) is 14.2. The monoisotopic (exact) mass is 556 g/mol. The van der Waals surface area contributed by atoms with Gasteiger partial charge in [-0.05, 0) is 86.5 Å². The van der Waals surface area contributed by atoms with Gasteiger partial charge >= 0.3 is 0 Å². The average molecular weight is 558 g/mol. The minimum Gasteiger partial charge on any atom is -0.497 e. The van der Waals surface area contributed by atoms with Crippen LogP contribution in [0, 0.1) is 5.82 Å². The highest BCUT2D eigenvalue weighted by molar-refractivity contribution is 9.11. The quantitative estimate of drug-likeness (QED) is 0.424. The molecule has 2 N–H and O–H groups in total. The molecule has 10 heteroatoms. The van der Waals surface area contributed by atoms with Crippen LogP contribution in [0.15, 0.2) is 74.5 Å². The lowest BCUT2D eigenvalue weighted by Gasteiger charge is -2.12. The van der Waals surface area contributed by atoms with Crippen LogP contribution < -0.4 is 14.8 Å². The van der Waals surface area contributed by atoms with Crippen molar-refractivity contribution in [2.75, 3.05) is 17.1 Å². The first kappa shape index (κ1) is 22.3. The van der Waals surface area contributed by atoms with Crippen LogP contribution in [0.2, 0.25) is 0 Å².